The zero-order chi connectivity index (χ0) is 8.18. The molecule has 12 heavy (non-hydrogen) atoms. The van der Waals surface area contributed by atoms with E-state index < -0.39 is 0 Å². The lowest BCUT2D eigenvalue weighted by atomic mass is 9.86. The molecule has 64 valence electrons. The third-order valence-corrected chi connectivity index (χ3v) is 3.53. The van der Waals surface area contributed by atoms with E-state index in [-0.39, 0.29) is 11.6 Å². The fourth-order valence-electron chi connectivity index (χ4n) is 2.96. The molecule has 2 fully saturated rings. The maximum absolute atomic E-state index is 11.0. The molecule has 0 aromatic carbocycles. The van der Waals surface area contributed by atoms with Crippen LogP contribution in [-0.2, 0) is 9.53 Å². The van der Waals surface area contributed by atoms with Gasteiger partial charge < -0.3 is 4.74 Å². The van der Waals surface area contributed by atoms with Crippen LogP contribution in [0.4, 0.5) is 0 Å². The molecule has 3 aliphatic rings. The molecule has 2 aliphatic carbocycles. The molecule has 1 heterocycles. The summed E-state index contributed by atoms with van der Waals surface area (Å²) in [7, 11) is 0. The average Bonchev–Trinajstić information content (AvgIpc) is 2.67. The Morgan fingerprint density at radius 1 is 1.50 bits per heavy atom. The van der Waals surface area contributed by atoms with E-state index in [2.05, 4.69) is 12.2 Å². The Morgan fingerprint density at radius 2 is 2.42 bits per heavy atom. The van der Waals surface area contributed by atoms with Gasteiger partial charge in [0.1, 0.15) is 5.60 Å². The third kappa shape index (κ3) is 0.680. The fraction of sp³-hybridized carbons (Fsp3) is 0.700. The van der Waals surface area contributed by atoms with Crippen LogP contribution in [0.15, 0.2) is 12.2 Å². The average molecular weight is 164 g/mol. The summed E-state index contributed by atoms with van der Waals surface area (Å²) >= 11 is 0. The third-order valence-electron chi connectivity index (χ3n) is 3.53. The minimum Gasteiger partial charge on any atom is -0.458 e. The van der Waals surface area contributed by atoms with Crippen LogP contribution < -0.4 is 0 Å². The molecule has 1 saturated heterocycles. The van der Waals surface area contributed by atoms with Gasteiger partial charge in [0.2, 0.25) is 0 Å². The molecule has 2 bridgehead atoms. The molecule has 2 heteroatoms. The van der Waals surface area contributed by atoms with Gasteiger partial charge in [0.15, 0.2) is 0 Å². The van der Waals surface area contributed by atoms with Crippen molar-refractivity contribution >= 4 is 5.97 Å². The summed E-state index contributed by atoms with van der Waals surface area (Å²) < 4.78 is 5.45. The van der Waals surface area contributed by atoms with E-state index >= 15 is 0 Å². The maximum atomic E-state index is 11.0. The Hall–Kier alpha value is -0.790. The van der Waals surface area contributed by atoms with Gasteiger partial charge in [-0.25, -0.2) is 0 Å². The van der Waals surface area contributed by atoms with Crippen LogP contribution in [-0.4, -0.2) is 11.6 Å². The monoisotopic (exact) mass is 164 g/mol. The Labute approximate surface area is 71.6 Å². The minimum absolute atomic E-state index is 0.0101. The summed E-state index contributed by atoms with van der Waals surface area (Å²) in [6.45, 7) is 0. The van der Waals surface area contributed by atoms with Crippen molar-refractivity contribution in [3.63, 3.8) is 0 Å². The van der Waals surface area contributed by atoms with Gasteiger partial charge in [-0.05, 0) is 25.2 Å². The van der Waals surface area contributed by atoms with Gasteiger partial charge in [-0.1, -0.05) is 12.2 Å². The first kappa shape index (κ1) is 6.70. The zero-order valence-electron chi connectivity index (χ0n) is 6.95. The van der Waals surface area contributed by atoms with Crippen molar-refractivity contribution in [1.29, 1.82) is 0 Å². The summed E-state index contributed by atoms with van der Waals surface area (Å²) in [6, 6.07) is 0. The molecule has 3 unspecified atom stereocenters. The lowest BCUT2D eigenvalue weighted by Crippen LogP contribution is -2.32. The van der Waals surface area contributed by atoms with E-state index in [0.29, 0.717) is 18.3 Å². The number of hydrogen-bond donors (Lipinski definition) is 0. The SMILES string of the molecule is O=C1CCC2(CC3C=CC2C3)O1. The molecule has 3 atom stereocenters. The van der Waals surface area contributed by atoms with E-state index in [9.17, 15) is 4.79 Å². The smallest absolute Gasteiger partial charge is 0.306 e. The molecule has 2 nitrogen and oxygen atoms in total. The second-order valence-electron chi connectivity index (χ2n) is 4.23. The van der Waals surface area contributed by atoms with Crippen molar-refractivity contribution in [3.8, 4) is 0 Å². The molecular weight excluding hydrogens is 152 g/mol. The highest BCUT2D eigenvalue weighted by Crippen LogP contribution is 2.52. The summed E-state index contributed by atoms with van der Waals surface area (Å²) in [4.78, 5) is 11.0. The number of rotatable bonds is 0. The van der Waals surface area contributed by atoms with E-state index in [1.165, 1.54) is 6.42 Å². The highest BCUT2D eigenvalue weighted by molar-refractivity contribution is 5.72. The number of ether oxygens (including phenoxy) is 1. The van der Waals surface area contributed by atoms with Gasteiger partial charge >= 0.3 is 5.97 Å². The Balaban J connectivity index is 1.94. The quantitative estimate of drug-likeness (QED) is 0.402. The Kier molecular flexibility index (Phi) is 1.07. The van der Waals surface area contributed by atoms with Crippen molar-refractivity contribution in [2.75, 3.05) is 0 Å². The van der Waals surface area contributed by atoms with Crippen LogP contribution in [0.5, 0.6) is 0 Å². The van der Waals surface area contributed by atoms with Crippen molar-refractivity contribution in [2.24, 2.45) is 11.8 Å². The second-order valence-corrected chi connectivity index (χ2v) is 4.23. The van der Waals surface area contributed by atoms with Gasteiger partial charge in [0.25, 0.3) is 0 Å². The molecule has 0 aromatic heterocycles. The predicted molar refractivity (Wildman–Crippen MR) is 43.4 cm³/mol. The lowest BCUT2D eigenvalue weighted by Gasteiger charge is -2.29. The maximum Gasteiger partial charge on any atom is 0.306 e. The standard InChI is InChI=1S/C10H12O2/c11-9-3-4-10(12-9)6-7-1-2-8(10)5-7/h1-2,7-8H,3-6H2. The first-order chi connectivity index (χ1) is 5.78. The largest absolute Gasteiger partial charge is 0.458 e. The topological polar surface area (TPSA) is 26.3 Å². The molecule has 1 aliphatic heterocycles. The highest BCUT2D eigenvalue weighted by Gasteiger charge is 2.53. The van der Waals surface area contributed by atoms with E-state index in [0.717, 1.165) is 12.8 Å². The van der Waals surface area contributed by atoms with Gasteiger partial charge in [-0.3, -0.25) is 4.79 Å². The first-order valence-electron chi connectivity index (χ1n) is 4.69. The number of allylic oxidation sites excluding steroid dienone is 1. The molecule has 3 rings (SSSR count). The molecule has 0 N–H and O–H groups in total. The van der Waals surface area contributed by atoms with Crippen LogP contribution >= 0.6 is 0 Å². The summed E-state index contributed by atoms with van der Waals surface area (Å²) in [5, 5.41) is 0. The molecular formula is C10H12O2. The molecule has 1 saturated carbocycles. The summed E-state index contributed by atoms with van der Waals surface area (Å²) in [6.07, 6.45) is 8.41. The van der Waals surface area contributed by atoms with E-state index in [4.69, 9.17) is 4.74 Å². The summed E-state index contributed by atoms with van der Waals surface area (Å²) in [5.41, 5.74) is -0.0590. The second kappa shape index (κ2) is 1.93. The highest BCUT2D eigenvalue weighted by atomic mass is 16.6. The molecule has 0 radical (unpaired) electrons. The fourth-order valence-corrected chi connectivity index (χ4v) is 2.96. The van der Waals surface area contributed by atoms with Crippen molar-refractivity contribution in [3.05, 3.63) is 12.2 Å². The van der Waals surface area contributed by atoms with Crippen LogP contribution in [0, 0.1) is 11.8 Å². The Bertz CT molecular complexity index is 269. The number of carbonyl (C=O) groups excluding carboxylic acids is 1. The van der Waals surface area contributed by atoms with Crippen molar-refractivity contribution in [2.45, 2.75) is 31.3 Å². The van der Waals surface area contributed by atoms with Gasteiger partial charge in [-0.15, -0.1) is 0 Å². The van der Waals surface area contributed by atoms with E-state index in [1.54, 1.807) is 0 Å². The van der Waals surface area contributed by atoms with E-state index in [1.807, 2.05) is 0 Å². The van der Waals surface area contributed by atoms with Crippen molar-refractivity contribution < 1.29 is 9.53 Å². The normalized spacial score (nSPS) is 49.2. The van der Waals surface area contributed by atoms with Gasteiger partial charge in [0, 0.05) is 12.3 Å². The van der Waals surface area contributed by atoms with Crippen LogP contribution in [0.25, 0.3) is 0 Å². The molecule has 0 aromatic rings. The first-order valence-corrected chi connectivity index (χ1v) is 4.69. The van der Waals surface area contributed by atoms with Crippen LogP contribution in [0.3, 0.4) is 0 Å². The number of esters is 1. The van der Waals surface area contributed by atoms with Crippen molar-refractivity contribution in [1.82, 2.24) is 0 Å². The van der Waals surface area contributed by atoms with Crippen LogP contribution in [0.2, 0.25) is 0 Å². The molecule has 1 spiro atoms. The lowest BCUT2D eigenvalue weighted by molar-refractivity contribution is -0.150. The minimum atomic E-state index is -0.0590. The summed E-state index contributed by atoms with van der Waals surface area (Å²) in [5.74, 6) is 1.24. The number of fused-ring (bicyclic) bond motifs is 3. The predicted octanol–water partition coefficient (Wildman–Crippen LogP) is 1.66. The molecule has 0 amide bonds. The Morgan fingerprint density at radius 3 is 2.92 bits per heavy atom. The van der Waals surface area contributed by atoms with Gasteiger partial charge in [0.05, 0.1) is 0 Å². The number of hydrogen-bond acceptors (Lipinski definition) is 2. The number of carbonyl (C=O) groups is 1. The zero-order valence-corrected chi connectivity index (χ0v) is 6.95. The van der Waals surface area contributed by atoms with Gasteiger partial charge in [-0.2, -0.15) is 0 Å². The van der Waals surface area contributed by atoms with Crippen LogP contribution in [0.1, 0.15) is 25.7 Å².